The fourth-order valence-corrected chi connectivity index (χ4v) is 3.30. The van der Waals surface area contributed by atoms with E-state index in [1.54, 1.807) is 54.4 Å². The molecule has 0 radical (unpaired) electrons. The first-order valence-corrected chi connectivity index (χ1v) is 9.33. The summed E-state index contributed by atoms with van der Waals surface area (Å²) in [6.07, 6.45) is 0. The van der Waals surface area contributed by atoms with Crippen molar-refractivity contribution in [1.82, 2.24) is 0 Å². The van der Waals surface area contributed by atoms with E-state index < -0.39 is 6.03 Å². The minimum Gasteiger partial charge on any atom is -0.454 e. The van der Waals surface area contributed by atoms with Crippen LogP contribution in [0.1, 0.15) is 15.9 Å². The maximum atomic E-state index is 13.0. The van der Waals surface area contributed by atoms with Crippen molar-refractivity contribution >= 4 is 40.6 Å². The molecule has 0 aliphatic carbocycles. The smallest absolute Gasteiger partial charge is 0.323 e. The van der Waals surface area contributed by atoms with E-state index in [-0.39, 0.29) is 5.91 Å². The maximum absolute atomic E-state index is 13.0. The molecule has 3 amide bonds. The van der Waals surface area contributed by atoms with E-state index in [2.05, 4.69) is 10.6 Å². The highest BCUT2D eigenvalue weighted by molar-refractivity contribution is 6.30. The lowest BCUT2D eigenvalue weighted by atomic mass is 10.1. The number of ether oxygens (including phenoxy) is 1. The highest BCUT2D eigenvalue weighted by Crippen LogP contribution is 2.39. The van der Waals surface area contributed by atoms with Crippen molar-refractivity contribution in [2.75, 3.05) is 22.6 Å². The summed E-state index contributed by atoms with van der Waals surface area (Å²) in [5, 5.41) is 5.95. The van der Waals surface area contributed by atoms with Crippen LogP contribution >= 0.6 is 11.6 Å². The number of carbonyl (C=O) groups excluding carboxylic acids is 2. The second-order valence-corrected chi connectivity index (χ2v) is 7.17. The first-order chi connectivity index (χ1) is 13.9. The van der Waals surface area contributed by atoms with Gasteiger partial charge in [-0.2, -0.15) is 0 Å². The molecule has 1 heterocycles. The van der Waals surface area contributed by atoms with Crippen LogP contribution in [0.5, 0.6) is 11.5 Å². The maximum Gasteiger partial charge on any atom is 0.323 e. The van der Waals surface area contributed by atoms with Gasteiger partial charge >= 0.3 is 6.03 Å². The predicted octanol–water partition coefficient (Wildman–Crippen LogP) is 5.67. The minimum absolute atomic E-state index is 0.219. The van der Waals surface area contributed by atoms with Gasteiger partial charge in [-0.3, -0.25) is 4.79 Å². The normalized spacial score (nSPS) is 12.4. The van der Waals surface area contributed by atoms with Gasteiger partial charge in [0, 0.05) is 23.4 Å². The number of anilines is 3. The Morgan fingerprint density at radius 2 is 1.69 bits per heavy atom. The molecular weight excluding hydrogens is 390 g/mol. The third-order valence-corrected chi connectivity index (χ3v) is 4.79. The third kappa shape index (κ3) is 3.88. The largest absolute Gasteiger partial charge is 0.454 e. The van der Waals surface area contributed by atoms with Gasteiger partial charge in [0.25, 0.3) is 5.91 Å². The van der Waals surface area contributed by atoms with Crippen LogP contribution in [0.2, 0.25) is 5.02 Å². The molecule has 4 rings (SSSR count). The zero-order valence-corrected chi connectivity index (χ0v) is 16.6. The van der Waals surface area contributed by atoms with Crippen LogP contribution in [0.15, 0.2) is 60.7 Å². The van der Waals surface area contributed by atoms with Gasteiger partial charge in [-0.05, 0) is 61.0 Å². The van der Waals surface area contributed by atoms with Gasteiger partial charge < -0.3 is 20.3 Å². The molecule has 6 nitrogen and oxygen atoms in total. The van der Waals surface area contributed by atoms with E-state index in [4.69, 9.17) is 16.3 Å². The van der Waals surface area contributed by atoms with Gasteiger partial charge in [-0.1, -0.05) is 23.7 Å². The van der Waals surface area contributed by atoms with Crippen molar-refractivity contribution in [2.45, 2.75) is 6.92 Å². The number of hydrogen-bond donors (Lipinski definition) is 2. The molecular formula is C22H18ClN3O3. The Balaban J connectivity index is 1.58. The summed E-state index contributed by atoms with van der Waals surface area (Å²) < 4.78 is 5.96. The number of nitrogens with zero attached hydrogens (tertiary/aromatic N) is 1. The molecule has 0 spiro atoms. The Hall–Kier alpha value is -3.51. The molecule has 0 bridgehead atoms. The average molecular weight is 408 g/mol. The molecule has 2 N–H and O–H groups in total. The molecule has 0 unspecified atom stereocenters. The van der Waals surface area contributed by atoms with E-state index in [9.17, 15) is 9.59 Å². The third-order valence-electron chi connectivity index (χ3n) is 4.55. The lowest BCUT2D eigenvalue weighted by Gasteiger charge is -2.16. The van der Waals surface area contributed by atoms with E-state index in [1.165, 1.54) is 0 Å². The van der Waals surface area contributed by atoms with Gasteiger partial charge in [0.15, 0.2) is 5.75 Å². The van der Waals surface area contributed by atoms with Crippen molar-refractivity contribution < 1.29 is 14.3 Å². The van der Waals surface area contributed by atoms with Crippen molar-refractivity contribution in [2.24, 2.45) is 0 Å². The first kappa shape index (κ1) is 18.8. The van der Waals surface area contributed by atoms with Crippen LogP contribution in [0.25, 0.3) is 0 Å². The van der Waals surface area contributed by atoms with Crippen molar-refractivity contribution in [1.29, 1.82) is 0 Å². The highest BCUT2D eigenvalue weighted by Gasteiger charge is 2.26. The summed E-state index contributed by atoms with van der Waals surface area (Å²) in [6, 6.07) is 17.0. The standard InChI is InChI=1S/C22H18ClN3O3/c1-13-6-8-20-18(10-13)26(2)21(27)17-12-16(7-9-19(17)29-20)25-22(28)24-15-5-3-4-14(23)11-15/h3-12H,1-2H3,(H2,24,25,28). The van der Waals surface area contributed by atoms with Crippen LogP contribution in [0.3, 0.4) is 0 Å². The Morgan fingerprint density at radius 3 is 2.45 bits per heavy atom. The highest BCUT2D eigenvalue weighted by atomic mass is 35.5. The zero-order chi connectivity index (χ0) is 20.5. The zero-order valence-electron chi connectivity index (χ0n) is 15.8. The second-order valence-electron chi connectivity index (χ2n) is 6.74. The number of urea groups is 1. The molecule has 0 saturated heterocycles. The summed E-state index contributed by atoms with van der Waals surface area (Å²) in [5.74, 6) is 0.818. The predicted molar refractivity (Wildman–Crippen MR) is 115 cm³/mol. The van der Waals surface area contributed by atoms with Gasteiger partial charge in [0.1, 0.15) is 5.75 Å². The Bertz CT molecular complexity index is 1130. The second kappa shape index (κ2) is 7.48. The quantitative estimate of drug-likeness (QED) is 0.574. The summed E-state index contributed by atoms with van der Waals surface area (Å²) in [6.45, 7) is 1.96. The van der Waals surface area contributed by atoms with Gasteiger partial charge in [-0.25, -0.2) is 4.79 Å². The molecule has 146 valence electrons. The number of halogens is 1. The van der Waals surface area contributed by atoms with E-state index >= 15 is 0 Å². The van der Waals surface area contributed by atoms with Crippen molar-refractivity contribution in [3.63, 3.8) is 0 Å². The van der Waals surface area contributed by atoms with Crippen LogP contribution in [-0.2, 0) is 0 Å². The number of amides is 3. The fourth-order valence-electron chi connectivity index (χ4n) is 3.11. The molecule has 0 aromatic heterocycles. The molecule has 1 aliphatic heterocycles. The fraction of sp³-hybridized carbons (Fsp3) is 0.0909. The molecule has 29 heavy (non-hydrogen) atoms. The van der Waals surface area contributed by atoms with Gasteiger partial charge in [0.05, 0.1) is 11.3 Å². The number of benzene rings is 3. The number of fused-ring (bicyclic) bond motifs is 2. The van der Waals surface area contributed by atoms with Crippen LogP contribution in [-0.4, -0.2) is 19.0 Å². The topological polar surface area (TPSA) is 70.7 Å². The lowest BCUT2D eigenvalue weighted by molar-refractivity contribution is 0.0993. The Kier molecular flexibility index (Phi) is 4.86. The molecule has 3 aromatic rings. The van der Waals surface area contributed by atoms with Crippen LogP contribution < -0.4 is 20.3 Å². The first-order valence-electron chi connectivity index (χ1n) is 8.95. The summed E-state index contributed by atoms with van der Waals surface area (Å²) in [4.78, 5) is 26.8. The van der Waals surface area contributed by atoms with Crippen LogP contribution in [0.4, 0.5) is 21.9 Å². The van der Waals surface area contributed by atoms with Gasteiger partial charge in [-0.15, -0.1) is 0 Å². The Morgan fingerprint density at radius 1 is 0.966 bits per heavy atom. The van der Waals surface area contributed by atoms with E-state index in [1.807, 2.05) is 25.1 Å². The number of rotatable bonds is 2. The minimum atomic E-state index is -0.443. The summed E-state index contributed by atoms with van der Waals surface area (Å²) >= 11 is 5.93. The summed E-state index contributed by atoms with van der Waals surface area (Å²) in [5.41, 5.74) is 3.12. The monoisotopic (exact) mass is 407 g/mol. The Labute approximate surface area is 173 Å². The number of carbonyl (C=O) groups is 2. The van der Waals surface area contributed by atoms with Crippen LogP contribution in [0, 0.1) is 6.92 Å². The molecule has 0 saturated carbocycles. The summed E-state index contributed by atoms with van der Waals surface area (Å²) in [7, 11) is 1.70. The molecule has 7 heteroatoms. The molecule has 0 fully saturated rings. The lowest BCUT2D eigenvalue weighted by Crippen LogP contribution is -2.25. The average Bonchev–Trinajstić information content (AvgIpc) is 2.78. The van der Waals surface area contributed by atoms with Gasteiger partial charge in [0.2, 0.25) is 0 Å². The van der Waals surface area contributed by atoms with E-state index in [0.29, 0.717) is 39.1 Å². The number of nitrogens with one attached hydrogen (secondary N) is 2. The van der Waals surface area contributed by atoms with E-state index in [0.717, 1.165) is 5.56 Å². The number of hydrogen-bond acceptors (Lipinski definition) is 3. The van der Waals surface area contributed by atoms with Crippen molar-refractivity contribution in [3.05, 3.63) is 76.8 Å². The molecule has 1 aliphatic rings. The molecule has 3 aromatic carbocycles. The SMILES string of the molecule is Cc1ccc2c(c1)N(C)C(=O)c1cc(NC(=O)Nc3cccc(Cl)c3)ccc1O2. The van der Waals surface area contributed by atoms with Crippen molar-refractivity contribution in [3.8, 4) is 11.5 Å². The molecule has 0 atom stereocenters. The number of aryl methyl sites for hydroxylation is 1.